The predicted octanol–water partition coefficient (Wildman–Crippen LogP) is 0.400. The molecule has 1 spiro atoms. The summed E-state index contributed by atoms with van der Waals surface area (Å²) in [5.41, 5.74) is 0.0148. The Morgan fingerprint density at radius 3 is 2.74 bits per heavy atom. The van der Waals surface area contributed by atoms with Crippen molar-refractivity contribution in [2.24, 2.45) is 0 Å². The lowest BCUT2D eigenvalue weighted by Gasteiger charge is -2.50. The van der Waals surface area contributed by atoms with Crippen LogP contribution in [0.5, 0.6) is 0 Å². The lowest BCUT2D eigenvalue weighted by atomic mass is 9.78. The Bertz CT molecular complexity index is 369. The Balaban J connectivity index is 1.76. The lowest BCUT2D eigenvalue weighted by molar-refractivity contribution is -0.143. The van der Waals surface area contributed by atoms with Gasteiger partial charge in [-0.25, -0.2) is 0 Å². The molecule has 5 nitrogen and oxygen atoms in total. The highest BCUT2D eigenvalue weighted by Gasteiger charge is 2.44. The number of rotatable bonds is 1. The average Bonchev–Trinajstić information content (AvgIpc) is 2.86. The Kier molecular flexibility index (Phi) is 3.48. The highest BCUT2D eigenvalue weighted by atomic mass is 16.2. The van der Waals surface area contributed by atoms with Gasteiger partial charge in [0.25, 0.3) is 0 Å². The molecule has 2 amide bonds. The van der Waals surface area contributed by atoms with Crippen LogP contribution >= 0.6 is 0 Å². The van der Waals surface area contributed by atoms with Crippen LogP contribution in [0.4, 0.5) is 0 Å². The molecule has 2 saturated heterocycles. The van der Waals surface area contributed by atoms with Crippen LogP contribution < -0.4 is 10.6 Å². The predicted molar refractivity (Wildman–Crippen MR) is 71.6 cm³/mol. The van der Waals surface area contributed by atoms with Crippen molar-refractivity contribution in [1.29, 1.82) is 0 Å². The van der Waals surface area contributed by atoms with Crippen molar-refractivity contribution in [3.63, 3.8) is 0 Å². The molecule has 5 heteroatoms. The molecule has 106 valence electrons. The maximum absolute atomic E-state index is 12.7. The van der Waals surface area contributed by atoms with Crippen molar-refractivity contribution in [3.8, 4) is 0 Å². The smallest absolute Gasteiger partial charge is 0.245 e. The topological polar surface area (TPSA) is 61.4 Å². The summed E-state index contributed by atoms with van der Waals surface area (Å²) < 4.78 is 0. The Morgan fingerprint density at radius 2 is 2.05 bits per heavy atom. The van der Waals surface area contributed by atoms with Gasteiger partial charge in [0, 0.05) is 26.1 Å². The van der Waals surface area contributed by atoms with Crippen molar-refractivity contribution in [1.82, 2.24) is 15.5 Å². The summed E-state index contributed by atoms with van der Waals surface area (Å²) in [4.78, 5) is 26.1. The van der Waals surface area contributed by atoms with E-state index in [1.807, 2.05) is 0 Å². The van der Waals surface area contributed by atoms with Gasteiger partial charge in [0.2, 0.25) is 11.8 Å². The minimum absolute atomic E-state index is 0.0148. The number of hydrogen-bond donors (Lipinski definition) is 2. The highest BCUT2D eigenvalue weighted by Crippen LogP contribution is 2.35. The maximum atomic E-state index is 12.7. The quantitative estimate of drug-likeness (QED) is 0.721. The van der Waals surface area contributed by atoms with E-state index in [0.29, 0.717) is 12.8 Å². The van der Waals surface area contributed by atoms with Crippen LogP contribution in [0, 0.1) is 0 Å². The van der Waals surface area contributed by atoms with E-state index >= 15 is 0 Å². The first-order valence-corrected chi connectivity index (χ1v) is 7.53. The summed E-state index contributed by atoms with van der Waals surface area (Å²) in [5.74, 6) is 0.167. The molecule has 0 bridgehead atoms. The SMILES string of the molecule is O=C1CC[C@H](C(=O)N2CCNCC23CCCCC3)N1. The van der Waals surface area contributed by atoms with Gasteiger partial charge in [0.1, 0.15) is 6.04 Å². The molecule has 3 rings (SSSR count). The van der Waals surface area contributed by atoms with E-state index in [4.69, 9.17) is 0 Å². The summed E-state index contributed by atoms with van der Waals surface area (Å²) in [5, 5.41) is 6.27. The molecule has 0 unspecified atom stereocenters. The molecule has 19 heavy (non-hydrogen) atoms. The van der Waals surface area contributed by atoms with Crippen molar-refractivity contribution >= 4 is 11.8 Å². The number of hydrogen-bond acceptors (Lipinski definition) is 3. The minimum Gasteiger partial charge on any atom is -0.344 e. The largest absolute Gasteiger partial charge is 0.344 e. The third kappa shape index (κ3) is 2.36. The van der Waals surface area contributed by atoms with Gasteiger partial charge >= 0.3 is 0 Å². The summed E-state index contributed by atoms with van der Waals surface area (Å²) in [6.45, 7) is 2.57. The van der Waals surface area contributed by atoms with Crippen LogP contribution in [0.2, 0.25) is 0 Å². The van der Waals surface area contributed by atoms with Crippen molar-refractivity contribution in [3.05, 3.63) is 0 Å². The van der Waals surface area contributed by atoms with E-state index < -0.39 is 0 Å². The van der Waals surface area contributed by atoms with Gasteiger partial charge in [-0.05, 0) is 19.3 Å². The molecule has 2 aliphatic heterocycles. The van der Waals surface area contributed by atoms with Gasteiger partial charge in [-0.15, -0.1) is 0 Å². The molecule has 1 aliphatic carbocycles. The fourth-order valence-electron chi connectivity index (χ4n) is 3.83. The molecule has 0 aromatic rings. The van der Waals surface area contributed by atoms with Crippen LogP contribution in [0.3, 0.4) is 0 Å². The molecular weight excluding hydrogens is 242 g/mol. The van der Waals surface area contributed by atoms with E-state index in [1.165, 1.54) is 19.3 Å². The zero-order valence-electron chi connectivity index (χ0n) is 11.4. The van der Waals surface area contributed by atoms with E-state index in [-0.39, 0.29) is 23.4 Å². The van der Waals surface area contributed by atoms with E-state index in [0.717, 1.165) is 32.5 Å². The molecule has 0 aromatic heterocycles. The molecule has 2 heterocycles. The van der Waals surface area contributed by atoms with E-state index in [2.05, 4.69) is 15.5 Å². The van der Waals surface area contributed by atoms with Gasteiger partial charge in [-0.1, -0.05) is 19.3 Å². The molecule has 3 fully saturated rings. The lowest BCUT2D eigenvalue weighted by Crippen LogP contribution is -2.66. The monoisotopic (exact) mass is 265 g/mol. The fourth-order valence-corrected chi connectivity index (χ4v) is 3.83. The van der Waals surface area contributed by atoms with E-state index in [9.17, 15) is 9.59 Å². The van der Waals surface area contributed by atoms with Gasteiger partial charge in [-0.2, -0.15) is 0 Å². The van der Waals surface area contributed by atoms with Crippen molar-refractivity contribution in [2.75, 3.05) is 19.6 Å². The molecule has 3 aliphatic rings. The minimum atomic E-state index is -0.274. The number of nitrogens with zero attached hydrogens (tertiary/aromatic N) is 1. The van der Waals surface area contributed by atoms with Gasteiger partial charge < -0.3 is 15.5 Å². The first kappa shape index (κ1) is 12.9. The van der Waals surface area contributed by atoms with Crippen molar-refractivity contribution in [2.45, 2.75) is 56.5 Å². The first-order valence-electron chi connectivity index (χ1n) is 7.53. The van der Waals surface area contributed by atoms with E-state index in [1.54, 1.807) is 0 Å². The van der Waals surface area contributed by atoms with Crippen LogP contribution in [0.15, 0.2) is 0 Å². The Labute approximate surface area is 114 Å². The summed E-state index contributed by atoms with van der Waals surface area (Å²) in [6, 6.07) is -0.274. The molecular formula is C14H23N3O2. The first-order chi connectivity index (χ1) is 9.21. The number of carbonyl (C=O) groups is 2. The Hall–Kier alpha value is -1.10. The molecule has 1 atom stereocenters. The molecule has 1 saturated carbocycles. The van der Waals surface area contributed by atoms with Crippen LogP contribution in [0.25, 0.3) is 0 Å². The second kappa shape index (κ2) is 5.12. The zero-order chi connectivity index (χ0) is 13.3. The second-order valence-electron chi connectivity index (χ2n) is 6.11. The summed E-state index contributed by atoms with van der Waals surface area (Å²) in [7, 11) is 0. The Morgan fingerprint density at radius 1 is 1.26 bits per heavy atom. The number of nitrogens with one attached hydrogen (secondary N) is 2. The van der Waals surface area contributed by atoms with Crippen LogP contribution in [-0.2, 0) is 9.59 Å². The maximum Gasteiger partial charge on any atom is 0.245 e. The molecule has 2 N–H and O–H groups in total. The number of amides is 2. The second-order valence-corrected chi connectivity index (χ2v) is 6.11. The van der Waals surface area contributed by atoms with Crippen LogP contribution in [-0.4, -0.2) is 47.9 Å². The molecule has 0 radical (unpaired) electrons. The molecule has 0 aromatic carbocycles. The van der Waals surface area contributed by atoms with Gasteiger partial charge in [-0.3, -0.25) is 9.59 Å². The number of carbonyl (C=O) groups excluding carboxylic acids is 2. The third-order valence-corrected chi connectivity index (χ3v) is 4.88. The van der Waals surface area contributed by atoms with Gasteiger partial charge in [0.05, 0.1) is 5.54 Å². The highest BCUT2D eigenvalue weighted by molar-refractivity contribution is 5.91. The fraction of sp³-hybridized carbons (Fsp3) is 0.857. The standard InChI is InChI=1S/C14H23N3O2/c18-12-5-4-11(16-12)13(19)17-9-8-15-10-14(17)6-2-1-3-7-14/h11,15H,1-10H2,(H,16,18)/t11-/m1/s1. The normalized spacial score (nSPS) is 30.4. The van der Waals surface area contributed by atoms with Crippen molar-refractivity contribution < 1.29 is 9.59 Å². The average molecular weight is 265 g/mol. The number of piperazine rings is 1. The van der Waals surface area contributed by atoms with Crippen LogP contribution in [0.1, 0.15) is 44.9 Å². The zero-order valence-corrected chi connectivity index (χ0v) is 11.4. The summed E-state index contributed by atoms with van der Waals surface area (Å²) in [6.07, 6.45) is 7.07. The summed E-state index contributed by atoms with van der Waals surface area (Å²) >= 11 is 0. The third-order valence-electron chi connectivity index (χ3n) is 4.88. The van der Waals surface area contributed by atoms with Gasteiger partial charge in [0.15, 0.2) is 0 Å².